The van der Waals surface area contributed by atoms with Gasteiger partial charge in [0, 0.05) is 19.6 Å². The fourth-order valence-corrected chi connectivity index (χ4v) is 4.22. The highest BCUT2D eigenvalue weighted by Crippen LogP contribution is 2.21. The molecule has 1 fully saturated rings. The molecular formula is C20H24N2O5S. The van der Waals surface area contributed by atoms with Gasteiger partial charge in [0.05, 0.1) is 18.1 Å². The second-order valence-electron chi connectivity index (χ2n) is 6.45. The van der Waals surface area contributed by atoms with E-state index in [-0.39, 0.29) is 10.8 Å². The molecule has 7 nitrogen and oxygen atoms in total. The maximum atomic E-state index is 12.6. The minimum Gasteiger partial charge on any atom is -0.481 e. The first kappa shape index (κ1) is 20.3. The van der Waals surface area contributed by atoms with E-state index in [0.29, 0.717) is 38.6 Å². The fourth-order valence-electron chi connectivity index (χ4n) is 2.81. The van der Waals surface area contributed by atoms with E-state index in [1.54, 1.807) is 19.1 Å². The molecule has 0 unspecified atom stereocenters. The number of carbonyl (C=O) groups excluding carboxylic acids is 1. The number of nitrogens with zero attached hydrogens (tertiary/aromatic N) is 1. The first-order chi connectivity index (χ1) is 13.5. The van der Waals surface area contributed by atoms with E-state index >= 15 is 0 Å². The summed E-state index contributed by atoms with van der Waals surface area (Å²) in [7, 11) is -3.54. The van der Waals surface area contributed by atoms with Crippen LogP contribution in [0.2, 0.25) is 0 Å². The summed E-state index contributed by atoms with van der Waals surface area (Å²) >= 11 is 0. The molecule has 28 heavy (non-hydrogen) atoms. The van der Waals surface area contributed by atoms with Crippen molar-refractivity contribution in [3.8, 4) is 5.75 Å². The molecule has 8 heteroatoms. The molecule has 2 aromatic rings. The highest BCUT2D eigenvalue weighted by atomic mass is 32.2. The molecule has 1 amide bonds. The third-order valence-electron chi connectivity index (χ3n) is 4.42. The molecule has 0 spiro atoms. The third kappa shape index (κ3) is 5.09. The van der Waals surface area contributed by atoms with Crippen LogP contribution in [0.4, 0.5) is 0 Å². The summed E-state index contributed by atoms with van der Waals surface area (Å²) in [5.74, 6) is 0.192. The van der Waals surface area contributed by atoms with Gasteiger partial charge in [-0.05, 0) is 36.8 Å². The highest BCUT2D eigenvalue weighted by Gasteiger charge is 2.26. The maximum Gasteiger partial charge on any atom is 0.261 e. The molecular weight excluding hydrogens is 380 g/mol. The lowest BCUT2D eigenvalue weighted by Crippen LogP contribution is -2.40. The predicted octanol–water partition coefficient (Wildman–Crippen LogP) is 1.79. The molecule has 1 aliphatic heterocycles. The number of ether oxygens (including phenoxy) is 2. The van der Waals surface area contributed by atoms with Crippen LogP contribution in [0.1, 0.15) is 12.5 Å². The van der Waals surface area contributed by atoms with E-state index in [2.05, 4.69) is 5.32 Å². The number of amides is 1. The minimum atomic E-state index is -3.54. The van der Waals surface area contributed by atoms with Crippen LogP contribution >= 0.6 is 0 Å². The molecule has 1 atom stereocenters. The first-order valence-electron chi connectivity index (χ1n) is 9.13. The molecule has 0 saturated carbocycles. The Balaban J connectivity index is 1.56. The van der Waals surface area contributed by atoms with Gasteiger partial charge in [0.2, 0.25) is 10.0 Å². The highest BCUT2D eigenvalue weighted by molar-refractivity contribution is 7.89. The van der Waals surface area contributed by atoms with Crippen LogP contribution in [-0.2, 0) is 26.1 Å². The van der Waals surface area contributed by atoms with E-state index in [0.717, 1.165) is 5.56 Å². The van der Waals surface area contributed by atoms with Gasteiger partial charge in [-0.2, -0.15) is 4.31 Å². The van der Waals surface area contributed by atoms with Crippen LogP contribution in [0.25, 0.3) is 0 Å². The summed E-state index contributed by atoms with van der Waals surface area (Å²) in [6.07, 6.45) is -0.703. The second kappa shape index (κ2) is 9.18. The van der Waals surface area contributed by atoms with Gasteiger partial charge < -0.3 is 14.8 Å². The molecule has 3 rings (SSSR count). The van der Waals surface area contributed by atoms with Crippen molar-refractivity contribution < 1.29 is 22.7 Å². The number of benzene rings is 2. The van der Waals surface area contributed by atoms with E-state index in [9.17, 15) is 13.2 Å². The van der Waals surface area contributed by atoms with Crippen molar-refractivity contribution in [2.75, 3.05) is 26.3 Å². The smallest absolute Gasteiger partial charge is 0.261 e. The first-order valence-corrected chi connectivity index (χ1v) is 10.6. The Morgan fingerprint density at radius 2 is 1.75 bits per heavy atom. The van der Waals surface area contributed by atoms with Crippen molar-refractivity contribution in [1.82, 2.24) is 9.62 Å². The van der Waals surface area contributed by atoms with Gasteiger partial charge in [0.1, 0.15) is 5.75 Å². The largest absolute Gasteiger partial charge is 0.481 e. The van der Waals surface area contributed by atoms with Crippen LogP contribution in [0.15, 0.2) is 59.5 Å². The van der Waals surface area contributed by atoms with Crippen molar-refractivity contribution in [2.45, 2.75) is 24.5 Å². The molecule has 0 bridgehead atoms. The zero-order valence-corrected chi connectivity index (χ0v) is 16.5. The predicted molar refractivity (Wildman–Crippen MR) is 104 cm³/mol. The number of carbonyl (C=O) groups is 1. The maximum absolute atomic E-state index is 12.6. The monoisotopic (exact) mass is 404 g/mol. The van der Waals surface area contributed by atoms with Gasteiger partial charge in [0.25, 0.3) is 5.91 Å². The number of hydrogen-bond donors (Lipinski definition) is 1. The fraction of sp³-hybridized carbons (Fsp3) is 0.350. The number of morpholine rings is 1. The van der Waals surface area contributed by atoms with Gasteiger partial charge in [0.15, 0.2) is 6.10 Å². The van der Waals surface area contributed by atoms with Gasteiger partial charge in [-0.25, -0.2) is 8.42 Å². The van der Waals surface area contributed by atoms with E-state index < -0.39 is 16.1 Å². The van der Waals surface area contributed by atoms with Gasteiger partial charge >= 0.3 is 0 Å². The van der Waals surface area contributed by atoms with Gasteiger partial charge in [-0.3, -0.25) is 4.79 Å². The Labute approximate surface area is 165 Å². The lowest BCUT2D eigenvalue weighted by atomic mass is 10.2. The quantitative estimate of drug-likeness (QED) is 0.761. The van der Waals surface area contributed by atoms with Gasteiger partial charge in [-0.1, -0.05) is 30.3 Å². The standard InChI is InChI=1S/C20H24N2O5S/c1-16(20(23)21-15-17-5-3-2-4-6-17)27-18-7-9-19(10-8-18)28(24,25)22-11-13-26-14-12-22/h2-10,16H,11-15H2,1H3,(H,21,23)/t16-/m0/s1. The Hall–Kier alpha value is -2.42. The van der Waals surface area contributed by atoms with Crippen LogP contribution in [0, 0.1) is 0 Å². The second-order valence-corrected chi connectivity index (χ2v) is 8.39. The summed E-state index contributed by atoms with van der Waals surface area (Å²) in [5.41, 5.74) is 1.00. The molecule has 1 aliphatic rings. The van der Waals surface area contributed by atoms with Crippen molar-refractivity contribution >= 4 is 15.9 Å². The summed E-state index contributed by atoms with van der Waals surface area (Å²) in [5, 5.41) is 2.82. The summed E-state index contributed by atoms with van der Waals surface area (Å²) in [6.45, 7) is 3.56. The van der Waals surface area contributed by atoms with Crippen molar-refractivity contribution in [3.05, 3.63) is 60.2 Å². The van der Waals surface area contributed by atoms with E-state index in [1.165, 1.54) is 16.4 Å². The molecule has 150 valence electrons. The Morgan fingerprint density at radius 3 is 2.39 bits per heavy atom. The SMILES string of the molecule is C[C@H](Oc1ccc(S(=O)(=O)N2CCOCC2)cc1)C(=O)NCc1ccccc1. The normalized spacial score (nSPS) is 16.3. The Kier molecular flexibility index (Phi) is 6.66. The lowest BCUT2D eigenvalue weighted by molar-refractivity contribution is -0.127. The van der Waals surface area contributed by atoms with Crippen molar-refractivity contribution in [2.24, 2.45) is 0 Å². The van der Waals surface area contributed by atoms with E-state index in [1.807, 2.05) is 30.3 Å². The summed E-state index contributed by atoms with van der Waals surface area (Å²) < 4.78 is 37.5. The number of hydrogen-bond acceptors (Lipinski definition) is 5. The number of rotatable bonds is 7. The van der Waals surface area contributed by atoms with E-state index in [4.69, 9.17) is 9.47 Å². The van der Waals surface area contributed by atoms with Crippen LogP contribution in [0.3, 0.4) is 0 Å². The minimum absolute atomic E-state index is 0.197. The number of nitrogens with one attached hydrogen (secondary N) is 1. The topological polar surface area (TPSA) is 84.9 Å². The number of sulfonamides is 1. The Bertz CT molecular complexity index is 879. The van der Waals surface area contributed by atoms with Crippen molar-refractivity contribution in [3.63, 3.8) is 0 Å². The molecule has 2 aromatic carbocycles. The third-order valence-corrected chi connectivity index (χ3v) is 6.34. The molecule has 1 saturated heterocycles. The molecule has 0 aromatic heterocycles. The Morgan fingerprint density at radius 1 is 1.11 bits per heavy atom. The van der Waals surface area contributed by atoms with Crippen LogP contribution < -0.4 is 10.1 Å². The summed E-state index contributed by atoms with van der Waals surface area (Å²) in [4.78, 5) is 12.4. The zero-order valence-electron chi connectivity index (χ0n) is 15.7. The molecule has 0 aliphatic carbocycles. The molecule has 1 heterocycles. The van der Waals surface area contributed by atoms with Crippen molar-refractivity contribution in [1.29, 1.82) is 0 Å². The van der Waals surface area contributed by atoms with Gasteiger partial charge in [-0.15, -0.1) is 0 Å². The van der Waals surface area contributed by atoms with Crippen LogP contribution in [0.5, 0.6) is 5.75 Å². The lowest BCUT2D eigenvalue weighted by Gasteiger charge is -2.26. The average Bonchev–Trinajstić information content (AvgIpc) is 2.73. The summed E-state index contributed by atoms with van der Waals surface area (Å²) in [6, 6.07) is 15.7. The zero-order chi connectivity index (χ0) is 20.0. The van der Waals surface area contributed by atoms with Crippen LogP contribution in [-0.4, -0.2) is 51.0 Å². The average molecular weight is 404 g/mol. The molecule has 1 N–H and O–H groups in total. The molecule has 0 radical (unpaired) electrons.